The van der Waals surface area contributed by atoms with Crippen molar-refractivity contribution in [3.05, 3.63) is 21.7 Å². The van der Waals surface area contributed by atoms with Crippen molar-refractivity contribution >= 4 is 0 Å². The van der Waals surface area contributed by atoms with Gasteiger partial charge in [-0.05, 0) is 12.8 Å². The van der Waals surface area contributed by atoms with E-state index in [0.29, 0.717) is 5.82 Å². The first-order valence-electron chi connectivity index (χ1n) is 4.48. The normalized spacial score (nSPS) is 13.2. The summed E-state index contributed by atoms with van der Waals surface area (Å²) in [6.45, 7) is 5.34. The largest absolute Gasteiger partial charge is 0.493 e. The molecule has 14 heavy (non-hydrogen) atoms. The van der Waals surface area contributed by atoms with Crippen molar-refractivity contribution in [3.8, 4) is 5.88 Å². The average Bonchev–Trinajstić information content (AvgIpc) is 2.12. The Hall–Kier alpha value is -1.36. The Morgan fingerprint density at radius 2 is 2.07 bits per heavy atom. The van der Waals surface area contributed by atoms with Gasteiger partial charge in [0, 0.05) is 0 Å². The minimum atomic E-state index is -0.366. The highest BCUT2D eigenvalue weighted by atomic mass is 16.3. The van der Waals surface area contributed by atoms with E-state index in [0.717, 1.165) is 0 Å². The summed E-state index contributed by atoms with van der Waals surface area (Å²) >= 11 is 0. The fourth-order valence-corrected chi connectivity index (χ4v) is 1.01. The van der Waals surface area contributed by atoms with E-state index in [-0.39, 0.29) is 29.0 Å². The van der Waals surface area contributed by atoms with Crippen LogP contribution in [0, 0.1) is 12.8 Å². The van der Waals surface area contributed by atoms with Gasteiger partial charge in [-0.25, -0.2) is 0 Å². The van der Waals surface area contributed by atoms with Crippen LogP contribution in [0.5, 0.6) is 5.88 Å². The number of aromatic nitrogens is 2. The van der Waals surface area contributed by atoms with Gasteiger partial charge in [-0.3, -0.25) is 4.79 Å². The maximum absolute atomic E-state index is 11.3. The highest BCUT2D eigenvalue weighted by Crippen LogP contribution is 2.16. The van der Waals surface area contributed by atoms with E-state index in [1.807, 2.05) is 13.8 Å². The molecule has 0 aromatic carbocycles. The van der Waals surface area contributed by atoms with Crippen LogP contribution in [0.4, 0.5) is 0 Å². The lowest BCUT2D eigenvalue weighted by Crippen LogP contribution is -2.24. The number of nitrogens with one attached hydrogen (secondary N) is 1. The van der Waals surface area contributed by atoms with Crippen LogP contribution in [0.25, 0.3) is 0 Å². The summed E-state index contributed by atoms with van der Waals surface area (Å²) < 4.78 is 0. The van der Waals surface area contributed by atoms with E-state index >= 15 is 0 Å². The van der Waals surface area contributed by atoms with Crippen LogP contribution in [0.1, 0.15) is 31.3 Å². The van der Waals surface area contributed by atoms with Crippen molar-refractivity contribution in [1.82, 2.24) is 9.97 Å². The standard InChI is InChI=1S/C9H15N3O2/c1-4(2)6(10)7-11-8(13)5(3)9(14)12-7/h4,6H,10H2,1-3H3,(H2,11,12,13,14). The molecule has 0 amide bonds. The molecule has 0 radical (unpaired) electrons. The topological polar surface area (TPSA) is 92.0 Å². The van der Waals surface area contributed by atoms with Gasteiger partial charge in [0.1, 0.15) is 5.82 Å². The monoisotopic (exact) mass is 197 g/mol. The molecule has 78 valence electrons. The molecule has 1 atom stereocenters. The number of hydrogen-bond acceptors (Lipinski definition) is 4. The number of aromatic hydroxyl groups is 1. The second-order valence-electron chi connectivity index (χ2n) is 3.67. The number of aromatic amines is 1. The van der Waals surface area contributed by atoms with Crippen molar-refractivity contribution in [1.29, 1.82) is 0 Å². The maximum atomic E-state index is 11.3. The number of nitrogens with zero attached hydrogens (tertiary/aromatic N) is 1. The lowest BCUT2D eigenvalue weighted by Gasteiger charge is -2.14. The highest BCUT2D eigenvalue weighted by Gasteiger charge is 2.15. The van der Waals surface area contributed by atoms with Crippen molar-refractivity contribution < 1.29 is 5.11 Å². The molecular formula is C9H15N3O2. The third-order valence-electron chi connectivity index (χ3n) is 2.18. The number of nitrogens with two attached hydrogens (primary N) is 1. The molecule has 0 fully saturated rings. The summed E-state index contributed by atoms with van der Waals surface area (Å²) in [6.07, 6.45) is 0. The Bertz CT molecular complexity index is 384. The number of hydrogen-bond donors (Lipinski definition) is 3. The average molecular weight is 197 g/mol. The molecule has 0 bridgehead atoms. The number of H-pyrrole nitrogens is 1. The van der Waals surface area contributed by atoms with Crippen LogP contribution in [-0.2, 0) is 0 Å². The first kappa shape index (κ1) is 10.7. The van der Waals surface area contributed by atoms with Gasteiger partial charge in [0.05, 0.1) is 11.6 Å². The molecule has 1 aromatic heterocycles. The maximum Gasteiger partial charge on any atom is 0.257 e. The zero-order valence-corrected chi connectivity index (χ0v) is 8.53. The summed E-state index contributed by atoms with van der Waals surface area (Å²) in [5.41, 5.74) is 5.65. The first-order chi connectivity index (χ1) is 6.43. The van der Waals surface area contributed by atoms with Crippen molar-refractivity contribution in [2.75, 3.05) is 0 Å². The van der Waals surface area contributed by atoms with E-state index < -0.39 is 0 Å². The minimum Gasteiger partial charge on any atom is -0.493 e. The van der Waals surface area contributed by atoms with E-state index in [2.05, 4.69) is 9.97 Å². The van der Waals surface area contributed by atoms with Crippen molar-refractivity contribution in [2.45, 2.75) is 26.8 Å². The zero-order chi connectivity index (χ0) is 10.9. The summed E-state index contributed by atoms with van der Waals surface area (Å²) in [5, 5.41) is 9.32. The molecule has 4 N–H and O–H groups in total. The van der Waals surface area contributed by atoms with Crippen molar-refractivity contribution in [2.24, 2.45) is 11.7 Å². The van der Waals surface area contributed by atoms with Gasteiger partial charge in [0.2, 0.25) is 5.88 Å². The van der Waals surface area contributed by atoms with Crippen LogP contribution in [-0.4, -0.2) is 15.1 Å². The number of rotatable bonds is 2. The second-order valence-corrected chi connectivity index (χ2v) is 3.67. The molecule has 0 aliphatic heterocycles. The lowest BCUT2D eigenvalue weighted by molar-refractivity contribution is 0.426. The zero-order valence-electron chi connectivity index (χ0n) is 8.53. The molecule has 1 aromatic rings. The van der Waals surface area contributed by atoms with Gasteiger partial charge in [-0.1, -0.05) is 13.8 Å². The van der Waals surface area contributed by atoms with E-state index in [9.17, 15) is 9.90 Å². The van der Waals surface area contributed by atoms with E-state index in [1.54, 1.807) is 0 Å². The Kier molecular flexibility index (Phi) is 2.90. The molecule has 1 heterocycles. The van der Waals surface area contributed by atoms with Gasteiger partial charge in [0.15, 0.2) is 0 Å². The summed E-state index contributed by atoms with van der Waals surface area (Å²) in [7, 11) is 0. The first-order valence-corrected chi connectivity index (χ1v) is 4.48. The van der Waals surface area contributed by atoms with Gasteiger partial charge in [0.25, 0.3) is 5.56 Å². The van der Waals surface area contributed by atoms with E-state index in [4.69, 9.17) is 5.73 Å². The summed E-state index contributed by atoms with van der Waals surface area (Å²) in [6, 6.07) is -0.366. The Labute approximate surface area is 82.0 Å². The van der Waals surface area contributed by atoms with Crippen LogP contribution >= 0.6 is 0 Å². The smallest absolute Gasteiger partial charge is 0.257 e. The Morgan fingerprint density at radius 1 is 1.50 bits per heavy atom. The molecule has 1 unspecified atom stereocenters. The lowest BCUT2D eigenvalue weighted by atomic mass is 10.1. The predicted molar refractivity (Wildman–Crippen MR) is 53.0 cm³/mol. The van der Waals surface area contributed by atoms with Gasteiger partial charge in [-0.2, -0.15) is 4.98 Å². The third kappa shape index (κ3) is 1.93. The van der Waals surface area contributed by atoms with Crippen molar-refractivity contribution in [3.63, 3.8) is 0 Å². The Morgan fingerprint density at radius 3 is 2.50 bits per heavy atom. The molecular weight excluding hydrogens is 182 g/mol. The van der Waals surface area contributed by atoms with Crippen LogP contribution in [0.15, 0.2) is 4.79 Å². The molecule has 5 heteroatoms. The fourth-order valence-electron chi connectivity index (χ4n) is 1.01. The highest BCUT2D eigenvalue weighted by molar-refractivity contribution is 5.21. The molecule has 0 saturated carbocycles. The molecule has 0 spiro atoms. The molecule has 1 rings (SSSR count). The summed E-state index contributed by atoms with van der Waals surface area (Å²) in [4.78, 5) is 17.7. The third-order valence-corrected chi connectivity index (χ3v) is 2.18. The van der Waals surface area contributed by atoms with Gasteiger partial charge < -0.3 is 15.8 Å². The van der Waals surface area contributed by atoms with Gasteiger partial charge >= 0.3 is 0 Å². The quantitative estimate of drug-likeness (QED) is 0.641. The molecule has 0 saturated heterocycles. The second kappa shape index (κ2) is 3.79. The molecule has 5 nitrogen and oxygen atoms in total. The van der Waals surface area contributed by atoms with Gasteiger partial charge in [-0.15, -0.1) is 0 Å². The van der Waals surface area contributed by atoms with Crippen LogP contribution < -0.4 is 11.3 Å². The van der Waals surface area contributed by atoms with E-state index in [1.165, 1.54) is 6.92 Å². The minimum absolute atomic E-state index is 0.153. The Balaban J connectivity index is 3.19. The SMILES string of the molecule is Cc1c(O)nc(C(N)C(C)C)[nH]c1=O. The summed E-state index contributed by atoms with van der Waals surface area (Å²) in [5.74, 6) is 0.230. The van der Waals surface area contributed by atoms with Crippen LogP contribution in [0.3, 0.4) is 0 Å². The predicted octanol–water partition coefficient (Wildman–Crippen LogP) is 0.440. The molecule has 0 aliphatic rings. The fraction of sp³-hybridized carbons (Fsp3) is 0.556. The molecule has 0 aliphatic carbocycles. The van der Waals surface area contributed by atoms with Crippen LogP contribution in [0.2, 0.25) is 0 Å².